The third-order valence-electron chi connectivity index (χ3n) is 2.87. The molecule has 4 heteroatoms. The molecule has 0 atom stereocenters. The summed E-state index contributed by atoms with van der Waals surface area (Å²) in [6.45, 7) is 5.24. The molecule has 0 aromatic rings. The van der Waals surface area contributed by atoms with E-state index in [1.54, 1.807) is 7.11 Å². The molecule has 1 N–H and O–H groups in total. The third kappa shape index (κ3) is 4.34. The fourth-order valence-electron chi connectivity index (χ4n) is 1.78. The zero-order valence-corrected chi connectivity index (χ0v) is 10.6. The average molecular weight is 230 g/mol. The van der Waals surface area contributed by atoms with E-state index in [4.69, 9.17) is 17.0 Å². The molecular formula is C11H22N2OS. The molecule has 15 heavy (non-hydrogen) atoms. The van der Waals surface area contributed by atoms with Crippen LogP contribution in [-0.4, -0.2) is 42.9 Å². The van der Waals surface area contributed by atoms with E-state index in [1.807, 2.05) is 0 Å². The van der Waals surface area contributed by atoms with Crippen molar-refractivity contribution in [1.82, 2.24) is 10.2 Å². The predicted molar refractivity (Wildman–Crippen MR) is 67.1 cm³/mol. The lowest BCUT2D eigenvalue weighted by molar-refractivity contribution is 0.0577. The van der Waals surface area contributed by atoms with Gasteiger partial charge in [0.1, 0.15) is 0 Å². The summed E-state index contributed by atoms with van der Waals surface area (Å²) < 4.78 is 5.33. The van der Waals surface area contributed by atoms with E-state index in [0.717, 1.165) is 37.6 Å². The fraction of sp³-hybridized carbons (Fsp3) is 0.909. The fourth-order valence-corrected chi connectivity index (χ4v) is 2.06. The van der Waals surface area contributed by atoms with Gasteiger partial charge in [-0.3, -0.25) is 0 Å². The highest BCUT2D eigenvalue weighted by Gasteiger charge is 2.19. The Morgan fingerprint density at radius 2 is 2.13 bits per heavy atom. The molecule has 0 amide bonds. The van der Waals surface area contributed by atoms with Crippen LogP contribution in [0, 0.1) is 0 Å². The summed E-state index contributed by atoms with van der Waals surface area (Å²) in [5.41, 5.74) is 0. The Bertz CT molecular complexity index is 191. The molecule has 1 aliphatic rings. The van der Waals surface area contributed by atoms with Gasteiger partial charge in [-0.25, -0.2) is 0 Å². The minimum absolute atomic E-state index is 0.430. The van der Waals surface area contributed by atoms with Gasteiger partial charge in [0.2, 0.25) is 0 Å². The van der Waals surface area contributed by atoms with Gasteiger partial charge in [-0.05, 0) is 31.5 Å². The lowest BCUT2D eigenvalue weighted by Crippen LogP contribution is -2.45. The Morgan fingerprint density at radius 3 is 2.67 bits per heavy atom. The van der Waals surface area contributed by atoms with Gasteiger partial charge in [0.15, 0.2) is 5.11 Å². The highest BCUT2D eigenvalue weighted by Crippen LogP contribution is 2.12. The number of thiocarbonyl (C=S) groups is 1. The van der Waals surface area contributed by atoms with Gasteiger partial charge in [0.25, 0.3) is 0 Å². The summed E-state index contributed by atoms with van der Waals surface area (Å²) in [6, 6.07) is 0. The smallest absolute Gasteiger partial charge is 0.168 e. The normalized spacial score (nSPS) is 17.9. The van der Waals surface area contributed by atoms with Gasteiger partial charge < -0.3 is 15.0 Å². The van der Waals surface area contributed by atoms with Crippen LogP contribution in [0.3, 0.4) is 0 Å². The van der Waals surface area contributed by atoms with Crippen LogP contribution in [0.15, 0.2) is 0 Å². The van der Waals surface area contributed by atoms with Crippen molar-refractivity contribution < 1.29 is 4.74 Å². The maximum Gasteiger partial charge on any atom is 0.168 e. The number of nitrogens with one attached hydrogen (secondary N) is 1. The molecule has 88 valence electrons. The summed E-state index contributed by atoms with van der Waals surface area (Å²) in [5.74, 6) is 0. The van der Waals surface area contributed by atoms with Crippen LogP contribution in [0.5, 0.6) is 0 Å². The molecule has 0 unspecified atom stereocenters. The summed E-state index contributed by atoms with van der Waals surface area (Å²) in [4.78, 5) is 2.25. The number of nitrogens with zero attached hydrogens (tertiary/aromatic N) is 1. The van der Waals surface area contributed by atoms with Crippen molar-refractivity contribution in [1.29, 1.82) is 0 Å². The summed E-state index contributed by atoms with van der Waals surface area (Å²) >= 11 is 5.34. The van der Waals surface area contributed by atoms with Crippen molar-refractivity contribution in [2.24, 2.45) is 0 Å². The van der Waals surface area contributed by atoms with Gasteiger partial charge in [0.05, 0.1) is 6.10 Å². The summed E-state index contributed by atoms with van der Waals surface area (Å²) in [6.07, 6.45) is 5.01. The SMILES string of the molecule is CCCCNC(=S)N1CCC(OC)CC1. The zero-order chi connectivity index (χ0) is 11.1. The highest BCUT2D eigenvalue weighted by atomic mass is 32.1. The van der Waals surface area contributed by atoms with Crippen LogP contribution in [0.4, 0.5) is 0 Å². The first-order valence-corrected chi connectivity index (χ1v) is 6.24. The summed E-state index contributed by atoms with van der Waals surface area (Å²) in [5, 5.41) is 4.22. The minimum atomic E-state index is 0.430. The van der Waals surface area contributed by atoms with Crippen LogP contribution >= 0.6 is 12.2 Å². The highest BCUT2D eigenvalue weighted by molar-refractivity contribution is 7.80. The van der Waals surface area contributed by atoms with E-state index in [-0.39, 0.29) is 0 Å². The Morgan fingerprint density at radius 1 is 1.47 bits per heavy atom. The molecule has 1 fully saturated rings. The monoisotopic (exact) mass is 230 g/mol. The van der Waals surface area contributed by atoms with Crippen LogP contribution in [0.25, 0.3) is 0 Å². The molecule has 0 saturated carbocycles. The van der Waals surface area contributed by atoms with Gasteiger partial charge in [-0.1, -0.05) is 13.3 Å². The van der Waals surface area contributed by atoms with E-state index >= 15 is 0 Å². The minimum Gasteiger partial charge on any atom is -0.381 e. The molecular weight excluding hydrogens is 208 g/mol. The predicted octanol–water partition coefficient (Wildman–Crippen LogP) is 1.77. The largest absolute Gasteiger partial charge is 0.381 e. The van der Waals surface area contributed by atoms with Crippen LogP contribution in [0.2, 0.25) is 0 Å². The van der Waals surface area contributed by atoms with E-state index in [2.05, 4.69) is 17.1 Å². The van der Waals surface area contributed by atoms with Gasteiger partial charge in [-0.2, -0.15) is 0 Å². The number of hydrogen-bond donors (Lipinski definition) is 1. The molecule has 0 aromatic carbocycles. The first-order valence-electron chi connectivity index (χ1n) is 5.83. The third-order valence-corrected chi connectivity index (χ3v) is 3.27. The number of ether oxygens (including phenoxy) is 1. The molecule has 0 spiro atoms. The molecule has 0 radical (unpaired) electrons. The number of piperidine rings is 1. The molecule has 0 aliphatic carbocycles. The van der Waals surface area contributed by atoms with Gasteiger partial charge in [-0.15, -0.1) is 0 Å². The van der Waals surface area contributed by atoms with E-state index in [1.165, 1.54) is 12.8 Å². The van der Waals surface area contributed by atoms with Crippen LogP contribution < -0.4 is 5.32 Å². The van der Waals surface area contributed by atoms with Gasteiger partial charge in [0, 0.05) is 26.7 Å². The number of methoxy groups -OCH3 is 1. The number of unbranched alkanes of at least 4 members (excludes halogenated alkanes) is 1. The molecule has 1 saturated heterocycles. The van der Waals surface area contributed by atoms with E-state index < -0.39 is 0 Å². The maximum absolute atomic E-state index is 5.34. The van der Waals surface area contributed by atoms with Crippen molar-refractivity contribution >= 4 is 17.3 Å². The first-order chi connectivity index (χ1) is 7.27. The quantitative estimate of drug-likeness (QED) is 0.588. The molecule has 1 aliphatic heterocycles. The lowest BCUT2D eigenvalue weighted by atomic mass is 10.1. The lowest BCUT2D eigenvalue weighted by Gasteiger charge is -2.33. The zero-order valence-electron chi connectivity index (χ0n) is 9.79. The van der Waals surface area contributed by atoms with Crippen molar-refractivity contribution in [3.63, 3.8) is 0 Å². The Balaban J connectivity index is 2.18. The van der Waals surface area contributed by atoms with Crippen LogP contribution in [-0.2, 0) is 4.74 Å². The van der Waals surface area contributed by atoms with E-state index in [0.29, 0.717) is 6.10 Å². The van der Waals surface area contributed by atoms with Crippen molar-refractivity contribution in [3.05, 3.63) is 0 Å². The standard InChI is InChI=1S/C11H22N2OS/c1-3-4-7-12-11(15)13-8-5-10(14-2)6-9-13/h10H,3-9H2,1-2H3,(H,12,15). The van der Waals surface area contributed by atoms with E-state index in [9.17, 15) is 0 Å². The van der Waals surface area contributed by atoms with Crippen molar-refractivity contribution in [3.8, 4) is 0 Å². The molecule has 3 nitrogen and oxygen atoms in total. The van der Waals surface area contributed by atoms with Crippen LogP contribution in [0.1, 0.15) is 32.6 Å². The Labute approximate surface area is 98.2 Å². The Hall–Kier alpha value is -0.350. The van der Waals surface area contributed by atoms with Gasteiger partial charge >= 0.3 is 0 Å². The second kappa shape index (κ2) is 7.01. The summed E-state index contributed by atoms with van der Waals surface area (Å²) in [7, 11) is 1.79. The second-order valence-corrected chi connectivity index (χ2v) is 4.39. The topological polar surface area (TPSA) is 24.5 Å². The number of likely N-dealkylation sites (tertiary alicyclic amines) is 1. The molecule has 0 bridgehead atoms. The molecule has 0 aromatic heterocycles. The molecule has 1 rings (SSSR count). The van der Waals surface area contributed by atoms with Crippen molar-refractivity contribution in [2.75, 3.05) is 26.7 Å². The Kier molecular flexibility index (Phi) is 5.95. The first kappa shape index (κ1) is 12.7. The number of hydrogen-bond acceptors (Lipinski definition) is 2. The maximum atomic E-state index is 5.34. The van der Waals surface area contributed by atoms with Crippen molar-refractivity contribution in [2.45, 2.75) is 38.7 Å². The average Bonchev–Trinajstić information content (AvgIpc) is 2.29. The number of rotatable bonds is 4. The molecule has 1 heterocycles. The second-order valence-electron chi connectivity index (χ2n) is 4.01.